The third-order valence-corrected chi connectivity index (χ3v) is 3.94. The topological polar surface area (TPSA) is 67.6 Å². The number of hydrogen-bond donors (Lipinski definition) is 2. The fourth-order valence-electron chi connectivity index (χ4n) is 2.69. The van der Waals surface area contributed by atoms with Gasteiger partial charge in [-0.2, -0.15) is 0 Å². The maximum atomic E-state index is 12.4. The summed E-state index contributed by atoms with van der Waals surface area (Å²) in [5.74, 6) is 0.721. The molecule has 5 heteroatoms. The van der Waals surface area contributed by atoms with Gasteiger partial charge in [-0.25, -0.2) is 0 Å². The fourth-order valence-corrected chi connectivity index (χ4v) is 2.69. The van der Waals surface area contributed by atoms with Gasteiger partial charge in [0.2, 0.25) is 5.91 Å². The summed E-state index contributed by atoms with van der Waals surface area (Å²) in [6.07, 6.45) is 0. The van der Waals surface area contributed by atoms with Crippen molar-refractivity contribution in [2.75, 3.05) is 35.6 Å². The second-order valence-electron chi connectivity index (χ2n) is 5.86. The third-order valence-electron chi connectivity index (χ3n) is 3.94. The minimum Gasteiger partial charge on any atom is -0.490 e. The van der Waals surface area contributed by atoms with E-state index in [9.17, 15) is 4.79 Å². The molecule has 0 aromatic heterocycles. The highest BCUT2D eigenvalue weighted by molar-refractivity contribution is 5.95. The number of aryl methyl sites for hydroxylation is 2. The molecule has 120 valence electrons. The van der Waals surface area contributed by atoms with Gasteiger partial charge in [0.15, 0.2) is 0 Å². The molecule has 0 spiro atoms. The Morgan fingerprint density at radius 3 is 2.91 bits per heavy atom. The first-order chi connectivity index (χ1) is 11.0. The molecule has 5 nitrogen and oxygen atoms in total. The van der Waals surface area contributed by atoms with Crippen LogP contribution in [-0.4, -0.2) is 25.6 Å². The Balaban J connectivity index is 1.74. The van der Waals surface area contributed by atoms with Crippen LogP contribution in [0.15, 0.2) is 36.4 Å². The highest BCUT2D eigenvalue weighted by atomic mass is 16.5. The fraction of sp³-hybridized carbons (Fsp3) is 0.278. The Labute approximate surface area is 136 Å². The molecule has 3 N–H and O–H groups in total. The number of amides is 1. The monoisotopic (exact) mass is 311 g/mol. The lowest BCUT2D eigenvalue weighted by atomic mass is 10.1. The van der Waals surface area contributed by atoms with Crippen LogP contribution in [-0.2, 0) is 4.79 Å². The maximum Gasteiger partial charge on any atom is 0.243 e. The highest BCUT2D eigenvalue weighted by Gasteiger charge is 2.20. The van der Waals surface area contributed by atoms with E-state index in [1.54, 1.807) is 6.07 Å². The molecule has 2 aromatic rings. The molecular formula is C18H21N3O2. The zero-order chi connectivity index (χ0) is 16.4. The lowest BCUT2D eigenvalue weighted by molar-refractivity contribution is -0.115. The molecule has 0 unspecified atom stereocenters. The zero-order valence-electron chi connectivity index (χ0n) is 13.4. The van der Waals surface area contributed by atoms with Gasteiger partial charge >= 0.3 is 0 Å². The molecule has 23 heavy (non-hydrogen) atoms. The summed E-state index contributed by atoms with van der Waals surface area (Å²) in [7, 11) is 0. The van der Waals surface area contributed by atoms with Gasteiger partial charge in [-0.05, 0) is 49.2 Å². The van der Waals surface area contributed by atoms with E-state index in [4.69, 9.17) is 10.5 Å². The van der Waals surface area contributed by atoms with Crippen molar-refractivity contribution in [1.82, 2.24) is 0 Å². The van der Waals surface area contributed by atoms with Gasteiger partial charge in [0, 0.05) is 11.4 Å². The van der Waals surface area contributed by atoms with Gasteiger partial charge in [0.1, 0.15) is 12.4 Å². The predicted octanol–water partition coefficient (Wildman–Crippen LogP) is 2.72. The molecule has 0 bridgehead atoms. The second kappa shape index (κ2) is 6.20. The van der Waals surface area contributed by atoms with E-state index in [2.05, 4.69) is 5.32 Å². The largest absolute Gasteiger partial charge is 0.490 e. The zero-order valence-corrected chi connectivity index (χ0v) is 13.4. The van der Waals surface area contributed by atoms with Gasteiger partial charge in [-0.1, -0.05) is 12.1 Å². The Bertz CT molecular complexity index is 743. The average Bonchev–Trinajstić information content (AvgIpc) is 2.51. The Morgan fingerprint density at radius 1 is 1.26 bits per heavy atom. The van der Waals surface area contributed by atoms with Crippen LogP contribution < -0.4 is 20.7 Å². The summed E-state index contributed by atoms with van der Waals surface area (Å²) in [5.41, 5.74) is 10.4. The van der Waals surface area contributed by atoms with Crippen LogP contribution in [0.4, 0.5) is 17.1 Å². The van der Waals surface area contributed by atoms with Crippen LogP contribution in [0.3, 0.4) is 0 Å². The number of fused-ring (bicyclic) bond motifs is 1. The molecule has 0 saturated heterocycles. The number of benzene rings is 2. The summed E-state index contributed by atoms with van der Waals surface area (Å²) < 4.78 is 5.61. The summed E-state index contributed by atoms with van der Waals surface area (Å²) >= 11 is 0. The minimum absolute atomic E-state index is 0.0472. The lowest BCUT2D eigenvalue weighted by Crippen LogP contribution is -2.39. The molecule has 0 aliphatic carbocycles. The molecule has 1 heterocycles. The summed E-state index contributed by atoms with van der Waals surface area (Å²) in [5, 5.41) is 2.99. The van der Waals surface area contributed by atoms with Crippen LogP contribution in [0, 0.1) is 13.8 Å². The molecule has 1 aliphatic heterocycles. The second-order valence-corrected chi connectivity index (χ2v) is 5.86. The number of nitrogens with two attached hydrogens (primary N) is 1. The molecule has 0 saturated carbocycles. The first-order valence-corrected chi connectivity index (χ1v) is 7.67. The van der Waals surface area contributed by atoms with Crippen LogP contribution in [0.25, 0.3) is 0 Å². The number of nitrogens with one attached hydrogen (secondary N) is 1. The van der Waals surface area contributed by atoms with Gasteiger partial charge in [-0.15, -0.1) is 0 Å². The molecule has 0 fully saturated rings. The Morgan fingerprint density at radius 2 is 2.09 bits per heavy atom. The van der Waals surface area contributed by atoms with Crippen molar-refractivity contribution in [3.63, 3.8) is 0 Å². The number of carbonyl (C=O) groups excluding carboxylic acids is 1. The number of hydrogen-bond acceptors (Lipinski definition) is 4. The summed E-state index contributed by atoms with van der Waals surface area (Å²) in [6.45, 7) is 5.49. The first-order valence-electron chi connectivity index (χ1n) is 7.67. The van der Waals surface area contributed by atoms with Crippen molar-refractivity contribution in [2.24, 2.45) is 0 Å². The molecule has 0 atom stereocenters. The molecule has 1 aliphatic rings. The van der Waals surface area contributed by atoms with Crippen molar-refractivity contribution >= 4 is 23.0 Å². The van der Waals surface area contributed by atoms with Gasteiger partial charge in [0.25, 0.3) is 0 Å². The van der Waals surface area contributed by atoms with E-state index in [1.807, 2.05) is 49.1 Å². The summed E-state index contributed by atoms with van der Waals surface area (Å²) in [6, 6.07) is 11.5. The van der Waals surface area contributed by atoms with E-state index in [-0.39, 0.29) is 12.5 Å². The van der Waals surface area contributed by atoms with E-state index < -0.39 is 0 Å². The van der Waals surface area contributed by atoms with E-state index in [0.29, 0.717) is 18.8 Å². The molecule has 1 amide bonds. The SMILES string of the molecule is Cc1ccc(C)c(NC(=O)CN2CCOc3ccc(N)cc32)c1. The van der Waals surface area contributed by atoms with E-state index in [0.717, 1.165) is 28.3 Å². The Kier molecular flexibility index (Phi) is 4.10. The number of nitrogen functional groups attached to an aromatic ring is 1. The standard InChI is InChI=1S/C18H21N3O2/c1-12-3-4-13(2)15(9-12)20-18(22)11-21-7-8-23-17-6-5-14(19)10-16(17)21/h3-6,9-10H,7-8,11,19H2,1-2H3,(H,20,22). The van der Waals surface area contributed by atoms with E-state index >= 15 is 0 Å². The van der Waals surface area contributed by atoms with Gasteiger partial charge in [0.05, 0.1) is 18.8 Å². The lowest BCUT2D eigenvalue weighted by Gasteiger charge is -2.31. The predicted molar refractivity (Wildman–Crippen MR) is 93.1 cm³/mol. The first kappa shape index (κ1) is 15.2. The number of rotatable bonds is 3. The van der Waals surface area contributed by atoms with Gasteiger partial charge < -0.3 is 20.7 Å². The van der Waals surface area contributed by atoms with Crippen molar-refractivity contribution in [2.45, 2.75) is 13.8 Å². The van der Waals surface area contributed by atoms with Crippen LogP contribution in [0.1, 0.15) is 11.1 Å². The number of anilines is 3. The molecule has 0 radical (unpaired) electrons. The number of ether oxygens (including phenoxy) is 1. The normalized spacial score (nSPS) is 13.2. The Hall–Kier alpha value is -2.69. The highest BCUT2D eigenvalue weighted by Crippen LogP contribution is 2.33. The van der Waals surface area contributed by atoms with Crippen molar-refractivity contribution in [3.8, 4) is 5.75 Å². The van der Waals surface area contributed by atoms with Crippen molar-refractivity contribution in [3.05, 3.63) is 47.5 Å². The van der Waals surface area contributed by atoms with E-state index in [1.165, 1.54) is 0 Å². The summed E-state index contributed by atoms with van der Waals surface area (Å²) in [4.78, 5) is 14.4. The minimum atomic E-state index is -0.0472. The molecular weight excluding hydrogens is 290 g/mol. The number of carbonyl (C=O) groups is 1. The van der Waals surface area contributed by atoms with Crippen LogP contribution in [0.2, 0.25) is 0 Å². The van der Waals surface area contributed by atoms with Crippen molar-refractivity contribution < 1.29 is 9.53 Å². The smallest absolute Gasteiger partial charge is 0.243 e. The molecule has 2 aromatic carbocycles. The average molecular weight is 311 g/mol. The maximum absolute atomic E-state index is 12.4. The van der Waals surface area contributed by atoms with Crippen LogP contribution in [0.5, 0.6) is 5.75 Å². The molecule has 3 rings (SSSR count). The van der Waals surface area contributed by atoms with Crippen molar-refractivity contribution in [1.29, 1.82) is 0 Å². The number of nitrogens with zero attached hydrogens (tertiary/aromatic N) is 1. The quantitative estimate of drug-likeness (QED) is 0.855. The van der Waals surface area contributed by atoms with Gasteiger partial charge in [-0.3, -0.25) is 4.79 Å². The van der Waals surface area contributed by atoms with Crippen LogP contribution >= 0.6 is 0 Å². The third kappa shape index (κ3) is 3.39.